The first-order chi connectivity index (χ1) is 6.76. The molecule has 1 aliphatic carbocycles. The van der Waals surface area contributed by atoms with Gasteiger partial charge < -0.3 is 10.6 Å². The number of amides is 2. The van der Waals surface area contributed by atoms with E-state index in [4.69, 9.17) is 5.26 Å². The molecule has 1 atom stereocenters. The van der Waals surface area contributed by atoms with Crippen molar-refractivity contribution in [2.45, 2.75) is 51.1 Å². The largest absolute Gasteiger partial charge is 0.335 e. The molecule has 0 aliphatic heterocycles. The fourth-order valence-corrected chi connectivity index (χ4v) is 1.68. The molecular formula is C10H17N3O. The highest BCUT2D eigenvalue weighted by atomic mass is 16.2. The number of nitrogens with zero attached hydrogens (tertiary/aromatic N) is 1. The first kappa shape index (κ1) is 10.8. The van der Waals surface area contributed by atoms with Gasteiger partial charge in [-0.3, -0.25) is 0 Å². The fraction of sp³-hybridized carbons (Fsp3) is 0.800. The summed E-state index contributed by atoms with van der Waals surface area (Å²) in [5.74, 6) is 0. The molecule has 78 valence electrons. The highest BCUT2D eigenvalue weighted by molar-refractivity contribution is 5.74. The second kappa shape index (κ2) is 5.48. The summed E-state index contributed by atoms with van der Waals surface area (Å²) in [5, 5.41) is 14.2. The molecule has 1 fully saturated rings. The van der Waals surface area contributed by atoms with E-state index in [9.17, 15) is 4.79 Å². The van der Waals surface area contributed by atoms with Crippen LogP contribution in [0.2, 0.25) is 0 Å². The van der Waals surface area contributed by atoms with E-state index in [1.807, 2.05) is 13.0 Å². The zero-order valence-corrected chi connectivity index (χ0v) is 8.55. The first-order valence-corrected chi connectivity index (χ1v) is 5.23. The number of urea groups is 1. The number of hydrogen-bond acceptors (Lipinski definition) is 2. The van der Waals surface area contributed by atoms with Crippen molar-refractivity contribution in [1.29, 1.82) is 5.26 Å². The summed E-state index contributed by atoms with van der Waals surface area (Å²) in [6, 6.07) is 1.78. The van der Waals surface area contributed by atoms with Gasteiger partial charge in [-0.1, -0.05) is 19.8 Å². The van der Waals surface area contributed by atoms with E-state index in [0.717, 1.165) is 12.8 Å². The lowest BCUT2D eigenvalue weighted by molar-refractivity contribution is 0.235. The van der Waals surface area contributed by atoms with Crippen LogP contribution < -0.4 is 10.6 Å². The van der Waals surface area contributed by atoms with Crippen LogP contribution >= 0.6 is 0 Å². The van der Waals surface area contributed by atoms with Crippen molar-refractivity contribution in [1.82, 2.24) is 10.6 Å². The van der Waals surface area contributed by atoms with E-state index in [-0.39, 0.29) is 12.1 Å². The van der Waals surface area contributed by atoms with E-state index in [1.54, 1.807) is 0 Å². The second-order valence-corrected chi connectivity index (χ2v) is 3.69. The average molecular weight is 195 g/mol. The summed E-state index contributed by atoms with van der Waals surface area (Å²) >= 11 is 0. The Morgan fingerprint density at radius 1 is 1.57 bits per heavy atom. The number of nitrogens with one attached hydrogen (secondary N) is 2. The van der Waals surface area contributed by atoms with E-state index in [1.165, 1.54) is 12.8 Å². The van der Waals surface area contributed by atoms with E-state index in [0.29, 0.717) is 12.5 Å². The average Bonchev–Trinajstić information content (AvgIpc) is 2.66. The van der Waals surface area contributed by atoms with Gasteiger partial charge in [0.25, 0.3) is 0 Å². The zero-order valence-electron chi connectivity index (χ0n) is 8.55. The number of hydrogen-bond donors (Lipinski definition) is 2. The number of carbonyl (C=O) groups excluding carboxylic acids is 1. The van der Waals surface area contributed by atoms with Crippen LogP contribution in [0.25, 0.3) is 0 Å². The van der Waals surface area contributed by atoms with E-state index >= 15 is 0 Å². The molecule has 4 nitrogen and oxygen atoms in total. The Kier molecular flexibility index (Phi) is 4.24. The maximum absolute atomic E-state index is 11.4. The van der Waals surface area contributed by atoms with Gasteiger partial charge in [-0.25, -0.2) is 4.79 Å². The highest BCUT2D eigenvalue weighted by Crippen LogP contribution is 2.17. The summed E-state index contributed by atoms with van der Waals surface area (Å²) in [6.07, 6.45) is 5.17. The maximum atomic E-state index is 11.4. The van der Waals surface area contributed by atoms with Crippen LogP contribution in [0.4, 0.5) is 4.79 Å². The lowest BCUT2D eigenvalue weighted by atomic mass is 10.2. The van der Waals surface area contributed by atoms with Crippen LogP contribution in [0.3, 0.4) is 0 Å². The molecule has 0 saturated heterocycles. The van der Waals surface area contributed by atoms with Gasteiger partial charge in [0, 0.05) is 6.04 Å². The quantitative estimate of drug-likeness (QED) is 0.717. The van der Waals surface area contributed by atoms with E-state index < -0.39 is 0 Å². The molecule has 2 amide bonds. The number of rotatable bonds is 3. The zero-order chi connectivity index (χ0) is 10.4. The van der Waals surface area contributed by atoms with Crippen molar-refractivity contribution in [2.24, 2.45) is 0 Å². The lowest BCUT2D eigenvalue weighted by Crippen LogP contribution is -2.44. The topological polar surface area (TPSA) is 64.9 Å². The molecule has 0 heterocycles. The molecular weight excluding hydrogens is 178 g/mol. The molecule has 0 aromatic carbocycles. The van der Waals surface area contributed by atoms with Gasteiger partial charge in [0.05, 0.1) is 6.07 Å². The first-order valence-electron chi connectivity index (χ1n) is 5.23. The van der Waals surface area contributed by atoms with Gasteiger partial charge in [0.1, 0.15) is 6.04 Å². The molecule has 1 rings (SSSR count). The van der Waals surface area contributed by atoms with Crippen LogP contribution in [0, 0.1) is 11.3 Å². The second-order valence-electron chi connectivity index (χ2n) is 3.69. The smallest absolute Gasteiger partial charge is 0.316 e. The molecule has 1 aliphatic rings. The van der Waals surface area contributed by atoms with E-state index in [2.05, 4.69) is 10.6 Å². The molecule has 2 N–H and O–H groups in total. The maximum Gasteiger partial charge on any atom is 0.316 e. The van der Waals surface area contributed by atoms with Gasteiger partial charge in [0.2, 0.25) is 0 Å². The number of nitriles is 1. The van der Waals surface area contributed by atoms with Gasteiger partial charge in [-0.2, -0.15) is 5.26 Å². The molecule has 0 bridgehead atoms. The van der Waals surface area contributed by atoms with Crippen LogP contribution in [-0.2, 0) is 0 Å². The third-order valence-electron chi connectivity index (χ3n) is 2.56. The lowest BCUT2D eigenvalue weighted by Gasteiger charge is -2.14. The normalized spacial score (nSPS) is 18.6. The van der Waals surface area contributed by atoms with Crippen LogP contribution in [0.5, 0.6) is 0 Å². The molecule has 14 heavy (non-hydrogen) atoms. The Hall–Kier alpha value is -1.24. The van der Waals surface area contributed by atoms with Crippen molar-refractivity contribution in [2.75, 3.05) is 0 Å². The minimum atomic E-state index is -0.364. The third kappa shape index (κ3) is 3.25. The van der Waals surface area contributed by atoms with Gasteiger partial charge in [-0.15, -0.1) is 0 Å². The predicted molar refractivity (Wildman–Crippen MR) is 53.6 cm³/mol. The molecule has 0 spiro atoms. The summed E-state index contributed by atoms with van der Waals surface area (Å²) in [6.45, 7) is 1.88. The Morgan fingerprint density at radius 2 is 2.21 bits per heavy atom. The molecule has 1 unspecified atom stereocenters. The summed E-state index contributed by atoms with van der Waals surface area (Å²) in [5.41, 5.74) is 0. The van der Waals surface area contributed by atoms with Crippen molar-refractivity contribution < 1.29 is 4.79 Å². The van der Waals surface area contributed by atoms with Crippen molar-refractivity contribution >= 4 is 6.03 Å². The Balaban J connectivity index is 2.24. The van der Waals surface area contributed by atoms with Crippen LogP contribution in [0.1, 0.15) is 39.0 Å². The molecule has 4 heteroatoms. The summed E-state index contributed by atoms with van der Waals surface area (Å²) < 4.78 is 0. The standard InChI is InChI=1S/C10H17N3O/c1-2-8(7-11)12-10(14)13-9-5-3-4-6-9/h8-9H,2-6H2,1H3,(H2,12,13,14). The minimum Gasteiger partial charge on any atom is -0.335 e. The van der Waals surface area contributed by atoms with Crippen molar-refractivity contribution in [3.63, 3.8) is 0 Å². The Labute approximate surface area is 84.7 Å². The Bertz CT molecular complexity index is 228. The SMILES string of the molecule is CCC(C#N)NC(=O)NC1CCCC1. The monoisotopic (exact) mass is 195 g/mol. The molecule has 1 saturated carbocycles. The summed E-state index contributed by atoms with van der Waals surface area (Å²) in [4.78, 5) is 11.4. The fourth-order valence-electron chi connectivity index (χ4n) is 1.68. The molecule has 0 radical (unpaired) electrons. The van der Waals surface area contributed by atoms with Crippen LogP contribution in [-0.4, -0.2) is 18.1 Å². The van der Waals surface area contributed by atoms with Crippen molar-refractivity contribution in [3.8, 4) is 6.07 Å². The third-order valence-corrected chi connectivity index (χ3v) is 2.56. The minimum absolute atomic E-state index is 0.203. The molecule has 0 aromatic heterocycles. The van der Waals surface area contributed by atoms with Crippen LogP contribution in [0.15, 0.2) is 0 Å². The van der Waals surface area contributed by atoms with Gasteiger partial charge in [0.15, 0.2) is 0 Å². The predicted octanol–water partition coefficient (Wildman–Crippen LogP) is 1.53. The number of carbonyl (C=O) groups is 1. The van der Waals surface area contributed by atoms with Gasteiger partial charge >= 0.3 is 6.03 Å². The summed E-state index contributed by atoms with van der Waals surface area (Å²) in [7, 11) is 0. The van der Waals surface area contributed by atoms with Gasteiger partial charge in [-0.05, 0) is 19.3 Å². The van der Waals surface area contributed by atoms with Crippen molar-refractivity contribution in [3.05, 3.63) is 0 Å². The Morgan fingerprint density at radius 3 is 2.71 bits per heavy atom. The highest BCUT2D eigenvalue weighted by Gasteiger charge is 2.18. The molecule has 0 aromatic rings.